The second kappa shape index (κ2) is 6.92. The van der Waals surface area contributed by atoms with E-state index in [1.54, 1.807) is 0 Å². The molecule has 1 unspecified atom stereocenters. The Bertz CT molecular complexity index is 633. The van der Waals surface area contributed by atoms with Gasteiger partial charge in [-0.2, -0.15) is 0 Å². The van der Waals surface area contributed by atoms with Crippen molar-refractivity contribution >= 4 is 22.8 Å². The fourth-order valence-electron chi connectivity index (χ4n) is 2.41. The molecule has 5 nitrogen and oxygen atoms in total. The summed E-state index contributed by atoms with van der Waals surface area (Å²) in [5.41, 5.74) is 2.00. The molecule has 0 bridgehead atoms. The molecule has 2 aromatic rings. The smallest absolute Gasteiger partial charge is 0.303 e. The zero-order valence-corrected chi connectivity index (χ0v) is 12.1. The number of hydrogen-bond donors (Lipinski definition) is 3. The summed E-state index contributed by atoms with van der Waals surface area (Å²) in [5, 5.41) is 12.6. The van der Waals surface area contributed by atoms with Gasteiger partial charge in [-0.15, -0.1) is 0 Å². The summed E-state index contributed by atoms with van der Waals surface area (Å²) in [5.74, 6) is -0.838. The Morgan fingerprint density at radius 3 is 2.86 bits per heavy atom. The summed E-state index contributed by atoms with van der Waals surface area (Å²) in [6.45, 7) is 1.90. The number of benzene rings is 1. The highest BCUT2D eigenvalue weighted by molar-refractivity contribution is 5.88. The molecular weight excluding hydrogens is 268 g/mol. The predicted octanol–water partition coefficient (Wildman–Crippen LogP) is 2.47. The first-order valence-electron chi connectivity index (χ1n) is 7.12. The van der Waals surface area contributed by atoms with E-state index in [-0.39, 0.29) is 18.4 Å². The Labute approximate surface area is 123 Å². The molecule has 1 amide bonds. The summed E-state index contributed by atoms with van der Waals surface area (Å²) in [7, 11) is 0. The zero-order valence-electron chi connectivity index (χ0n) is 12.1. The molecule has 21 heavy (non-hydrogen) atoms. The lowest BCUT2D eigenvalue weighted by atomic mass is 10.1. The van der Waals surface area contributed by atoms with E-state index in [4.69, 9.17) is 5.11 Å². The van der Waals surface area contributed by atoms with Crippen LogP contribution in [0.15, 0.2) is 30.5 Å². The molecule has 3 N–H and O–H groups in total. The first-order valence-corrected chi connectivity index (χ1v) is 7.12. The Balaban J connectivity index is 1.85. The van der Waals surface area contributed by atoms with Gasteiger partial charge >= 0.3 is 5.97 Å². The number of carboxylic acids is 1. The van der Waals surface area contributed by atoms with Crippen LogP contribution in [-0.2, 0) is 16.0 Å². The number of aromatic nitrogens is 1. The maximum Gasteiger partial charge on any atom is 0.303 e. The molecule has 0 radical (unpaired) electrons. The summed E-state index contributed by atoms with van der Waals surface area (Å²) in [6.07, 6.45) is 3.57. The van der Waals surface area contributed by atoms with E-state index in [1.165, 1.54) is 0 Å². The third-order valence-electron chi connectivity index (χ3n) is 3.46. The number of carboxylic acid groups (broad SMARTS) is 1. The van der Waals surface area contributed by atoms with Gasteiger partial charge in [0.25, 0.3) is 0 Å². The van der Waals surface area contributed by atoms with E-state index in [0.717, 1.165) is 16.5 Å². The number of rotatable bonds is 7. The highest BCUT2D eigenvalue weighted by atomic mass is 16.4. The quantitative estimate of drug-likeness (QED) is 0.732. The summed E-state index contributed by atoms with van der Waals surface area (Å²) in [4.78, 5) is 25.6. The molecule has 0 spiro atoms. The van der Waals surface area contributed by atoms with Crippen molar-refractivity contribution in [2.45, 2.75) is 38.6 Å². The van der Waals surface area contributed by atoms with E-state index < -0.39 is 5.97 Å². The van der Waals surface area contributed by atoms with Gasteiger partial charge in [0.2, 0.25) is 5.91 Å². The fourth-order valence-corrected chi connectivity index (χ4v) is 2.41. The van der Waals surface area contributed by atoms with Gasteiger partial charge in [0.15, 0.2) is 0 Å². The summed E-state index contributed by atoms with van der Waals surface area (Å²) < 4.78 is 0. The average molecular weight is 288 g/mol. The van der Waals surface area contributed by atoms with Crippen LogP contribution in [0.2, 0.25) is 0 Å². The van der Waals surface area contributed by atoms with Gasteiger partial charge in [-0.1, -0.05) is 18.2 Å². The number of carbonyl (C=O) groups excluding carboxylic acids is 1. The fraction of sp³-hybridized carbons (Fsp3) is 0.375. The number of H-pyrrole nitrogens is 1. The van der Waals surface area contributed by atoms with Gasteiger partial charge in [-0.3, -0.25) is 9.59 Å². The van der Waals surface area contributed by atoms with Gasteiger partial charge in [0.05, 0.1) is 6.42 Å². The second-order valence-electron chi connectivity index (χ2n) is 5.29. The minimum absolute atomic E-state index is 0.0120. The lowest BCUT2D eigenvalue weighted by molar-refractivity contribution is -0.137. The van der Waals surface area contributed by atoms with Crippen molar-refractivity contribution in [1.82, 2.24) is 10.3 Å². The number of carbonyl (C=O) groups is 2. The van der Waals surface area contributed by atoms with Gasteiger partial charge in [0.1, 0.15) is 0 Å². The maximum absolute atomic E-state index is 12.0. The Kier molecular flexibility index (Phi) is 4.98. The van der Waals surface area contributed by atoms with Crippen molar-refractivity contribution < 1.29 is 14.7 Å². The lowest BCUT2D eigenvalue weighted by Gasteiger charge is -2.13. The average Bonchev–Trinajstić information content (AvgIpc) is 2.81. The van der Waals surface area contributed by atoms with Crippen molar-refractivity contribution in [3.63, 3.8) is 0 Å². The monoisotopic (exact) mass is 288 g/mol. The molecule has 0 saturated carbocycles. The van der Waals surface area contributed by atoms with Crippen LogP contribution in [0.3, 0.4) is 0 Å². The van der Waals surface area contributed by atoms with Crippen LogP contribution in [0.5, 0.6) is 0 Å². The molecule has 2 rings (SSSR count). The van der Waals surface area contributed by atoms with Crippen LogP contribution in [0.1, 0.15) is 31.7 Å². The van der Waals surface area contributed by atoms with Gasteiger partial charge in [-0.25, -0.2) is 0 Å². The molecule has 0 aliphatic carbocycles. The molecule has 0 saturated heterocycles. The highest BCUT2D eigenvalue weighted by Crippen LogP contribution is 2.18. The van der Waals surface area contributed by atoms with Crippen molar-refractivity contribution in [3.8, 4) is 0 Å². The summed E-state index contributed by atoms with van der Waals surface area (Å²) >= 11 is 0. The predicted molar refractivity (Wildman–Crippen MR) is 81.1 cm³/mol. The van der Waals surface area contributed by atoms with Gasteiger partial charge < -0.3 is 15.4 Å². The molecule has 112 valence electrons. The standard InChI is InChI=1S/C16H20N2O3/c1-11(5-4-8-16(20)21)18-15(19)9-12-10-17-14-7-3-2-6-13(12)14/h2-3,6-7,10-11,17H,4-5,8-9H2,1H3,(H,18,19)(H,20,21). The minimum atomic E-state index is -0.799. The molecular formula is C16H20N2O3. The number of amides is 1. The third kappa shape index (κ3) is 4.34. The summed E-state index contributed by atoms with van der Waals surface area (Å²) in [6, 6.07) is 7.86. The number of aliphatic carboxylic acids is 1. The molecule has 1 aromatic heterocycles. The molecule has 1 atom stereocenters. The topological polar surface area (TPSA) is 82.2 Å². The minimum Gasteiger partial charge on any atom is -0.481 e. The molecule has 1 aromatic carbocycles. The molecule has 0 aliphatic rings. The van der Waals surface area contributed by atoms with E-state index in [0.29, 0.717) is 19.3 Å². The van der Waals surface area contributed by atoms with Crippen molar-refractivity contribution in [1.29, 1.82) is 0 Å². The molecule has 0 fully saturated rings. The van der Waals surface area contributed by atoms with Crippen LogP contribution in [0.25, 0.3) is 10.9 Å². The highest BCUT2D eigenvalue weighted by Gasteiger charge is 2.11. The van der Waals surface area contributed by atoms with E-state index in [9.17, 15) is 9.59 Å². The van der Waals surface area contributed by atoms with E-state index >= 15 is 0 Å². The zero-order chi connectivity index (χ0) is 15.2. The van der Waals surface area contributed by atoms with Gasteiger partial charge in [-0.05, 0) is 31.4 Å². The molecule has 0 aliphatic heterocycles. The lowest BCUT2D eigenvalue weighted by Crippen LogP contribution is -2.33. The molecule has 1 heterocycles. The van der Waals surface area contributed by atoms with Crippen LogP contribution in [-0.4, -0.2) is 28.0 Å². The van der Waals surface area contributed by atoms with Gasteiger partial charge in [0, 0.05) is 29.6 Å². The number of fused-ring (bicyclic) bond motifs is 1. The van der Waals surface area contributed by atoms with Crippen molar-refractivity contribution in [2.24, 2.45) is 0 Å². The normalized spacial score (nSPS) is 12.2. The van der Waals surface area contributed by atoms with Crippen molar-refractivity contribution in [2.75, 3.05) is 0 Å². The number of nitrogens with one attached hydrogen (secondary N) is 2. The third-order valence-corrected chi connectivity index (χ3v) is 3.46. The van der Waals surface area contributed by atoms with E-state index in [1.807, 2.05) is 37.4 Å². The maximum atomic E-state index is 12.0. The SMILES string of the molecule is CC(CCCC(=O)O)NC(=O)Cc1c[nH]c2ccccc12. The largest absolute Gasteiger partial charge is 0.481 e. The van der Waals surface area contributed by atoms with Crippen LogP contribution in [0, 0.1) is 0 Å². The Morgan fingerprint density at radius 2 is 2.10 bits per heavy atom. The molecule has 5 heteroatoms. The Hall–Kier alpha value is -2.30. The van der Waals surface area contributed by atoms with E-state index in [2.05, 4.69) is 10.3 Å². The first-order chi connectivity index (χ1) is 10.1. The first kappa shape index (κ1) is 15.1. The second-order valence-corrected chi connectivity index (χ2v) is 5.29. The van der Waals surface area contributed by atoms with Crippen LogP contribution >= 0.6 is 0 Å². The number of aromatic amines is 1. The van der Waals surface area contributed by atoms with Crippen LogP contribution < -0.4 is 5.32 Å². The number of para-hydroxylation sites is 1. The Morgan fingerprint density at radius 1 is 1.33 bits per heavy atom. The number of hydrogen-bond acceptors (Lipinski definition) is 2. The van der Waals surface area contributed by atoms with Crippen molar-refractivity contribution in [3.05, 3.63) is 36.0 Å². The van der Waals surface area contributed by atoms with Crippen LogP contribution in [0.4, 0.5) is 0 Å².